The summed E-state index contributed by atoms with van der Waals surface area (Å²) in [7, 11) is -2.58. The fraction of sp³-hybridized carbons (Fsp3) is 0.0870. The molecule has 10 heteroatoms. The maximum absolute atomic E-state index is 12.9. The number of hydrogen-bond donors (Lipinski definition) is 2. The average molecular weight is 482 g/mol. The van der Waals surface area contributed by atoms with Crippen molar-refractivity contribution in [2.24, 2.45) is 0 Å². The Morgan fingerprint density at radius 3 is 2.45 bits per heavy atom. The highest BCUT2D eigenvalue weighted by Crippen LogP contribution is 2.28. The van der Waals surface area contributed by atoms with E-state index in [-0.39, 0.29) is 16.1 Å². The molecule has 2 N–H and O–H groups in total. The van der Waals surface area contributed by atoms with E-state index in [0.29, 0.717) is 20.9 Å². The number of nitrogens with one attached hydrogen (secondary N) is 2. The third-order valence-corrected chi connectivity index (χ3v) is 7.09. The van der Waals surface area contributed by atoms with E-state index in [0.717, 1.165) is 5.56 Å². The molecule has 4 aromatic rings. The second-order valence-electron chi connectivity index (χ2n) is 7.11. The highest BCUT2D eigenvalue weighted by Gasteiger charge is 2.19. The fourth-order valence-electron chi connectivity index (χ4n) is 3.08. The number of sulfonamides is 1. The summed E-state index contributed by atoms with van der Waals surface area (Å²) in [5.41, 5.74) is 2.20. The Balaban J connectivity index is 1.58. The Bertz CT molecular complexity index is 1460. The van der Waals surface area contributed by atoms with Crippen LogP contribution in [0.1, 0.15) is 26.3 Å². The summed E-state index contributed by atoms with van der Waals surface area (Å²) in [5, 5.41) is 3.01. The largest absolute Gasteiger partial charge is 0.465 e. The number of benzene rings is 3. The maximum atomic E-state index is 12.9. The number of amides is 1. The van der Waals surface area contributed by atoms with Crippen molar-refractivity contribution >= 4 is 54.3 Å². The zero-order chi connectivity index (χ0) is 23.6. The number of esters is 1. The summed E-state index contributed by atoms with van der Waals surface area (Å²) in [6.07, 6.45) is 0. The zero-order valence-electron chi connectivity index (χ0n) is 17.7. The van der Waals surface area contributed by atoms with Crippen LogP contribution in [0.4, 0.5) is 10.8 Å². The second kappa shape index (κ2) is 9.00. The molecule has 1 aromatic heterocycles. The van der Waals surface area contributed by atoms with Gasteiger partial charge in [-0.2, -0.15) is 0 Å². The SMILES string of the molecule is COC(=O)c1ccc2nc(NC(=O)c3ccccc3NS(=O)(=O)c3ccc(C)cc3)sc2c1. The number of aryl methyl sites for hydroxylation is 1. The first-order valence-corrected chi connectivity index (χ1v) is 12.1. The molecule has 0 aliphatic carbocycles. The van der Waals surface area contributed by atoms with Crippen LogP contribution in [0.15, 0.2) is 71.6 Å². The van der Waals surface area contributed by atoms with E-state index in [1.54, 1.807) is 42.5 Å². The summed E-state index contributed by atoms with van der Waals surface area (Å²) < 4.78 is 33.5. The van der Waals surface area contributed by atoms with Gasteiger partial charge in [-0.15, -0.1) is 0 Å². The van der Waals surface area contributed by atoms with Crippen LogP contribution in [0, 0.1) is 6.92 Å². The van der Waals surface area contributed by atoms with Gasteiger partial charge in [-0.05, 0) is 49.4 Å². The van der Waals surface area contributed by atoms with Crippen LogP contribution >= 0.6 is 11.3 Å². The van der Waals surface area contributed by atoms with Crippen LogP contribution in [0.3, 0.4) is 0 Å². The minimum absolute atomic E-state index is 0.0934. The van der Waals surface area contributed by atoms with E-state index >= 15 is 0 Å². The Morgan fingerprint density at radius 1 is 1.00 bits per heavy atom. The molecule has 0 saturated heterocycles. The monoisotopic (exact) mass is 481 g/mol. The number of nitrogens with zero attached hydrogens (tertiary/aromatic N) is 1. The first-order chi connectivity index (χ1) is 15.8. The van der Waals surface area contributed by atoms with E-state index in [2.05, 4.69) is 15.0 Å². The lowest BCUT2D eigenvalue weighted by Gasteiger charge is -2.12. The Morgan fingerprint density at radius 2 is 1.73 bits per heavy atom. The molecule has 1 amide bonds. The highest BCUT2D eigenvalue weighted by atomic mass is 32.2. The zero-order valence-corrected chi connectivity index (χ0v) is 19.3. The van der Waals surface area contributed by atoms with Crippen LogP contribution in [-0.2, 0) is 14.8 Å². The molecule has 33 heavy (non-hydrogen) atoms. The number of carbonyl (C=O) groups is 2. The Kier molecular flexibility index (Phi) is 6.12. The van der Waals surface area contributed by atoms with Crippen molar-refractivity contribution in [2.45, 2.75) is 11.8 Å². The molecule has 3 aromatic carbocycles. The first kappa shape index (κ1) is 22.4. The van der Waals surface area contributed by atoms with Crippen LogP contribution in [0.2, 0.25) is 0 Å². The van der Waals surface area contributed by atoms with Crippen LogP contribution < -0.4 is 10.0 Å². The molecule has 0 radical (unpaired) electrons. The van der Waals surface area contributed by atoms with Gasteiger partial charge < -0.3 is 4.74 Å². The topological polar surface area (TPSA) is 114 Å². The summed E-state index contributed by atoms with van der Waals surface area (Å²) in [4.78, 5) is 29.1. The van der Waals surface area contributed by atoms with E-state index in [4.69, 9.17) is 4.74 Å². The average Bonchev–Trinajstić information content (AvgIpc) is 3.20. The molecular weight excluding hydrogens is 462 g/mol. The third kappa shape index (κ3) is 4.86. The smallest absolute Gasteiger partial charge is 0.337 e. The van der Waals surface area contributed by atoms with E-state index in [1.165, 1.54) is 42.7 Å². The van der Waals surface area contributed by atoms with E-state index in [1.807, 2.05) is 6.92 Å². The van der Waals surface area contributed by atoms with Crippen molar-refractivity contribution in [3.8, 4) is 0 Å². The standard InChI is InChI=1S/C23H19N3O5S2/c1-14-7-10-16(11-8-14)33(29,30)26-18-6-4-3-5-17(18)21(27)25-23-24-19-12-9-15(22(28)31-2)13-20(19)32-23/h3-13,26H,1-2H3,(H,24,25,27). The van der Waals surface area contributed by atoms with Gasteiger partial charge in [0.1, 0.15) is 0 Å². The summed E-state index contributed by atoms with van der Waals surface area (Å²) in [6.45, 7) is 1.86. The Hall–Kier alpha value is -3.76. The van der Waals surface area contributed by atoms with Crippen molar-refractivity contribution in [1.82, 2.24) is 4.98 Å². The number of fused-ring (bicyclic) bond motifs is 1. The molecular formula is C23H19N3O5S2. The molecule has 4 rings (SSSR count). The predicted octanol–water partition coefficient (Wildman–Crippen LogP) is 4.44. The summed E-state index contributed by atoms with van der Waals surface area (Å²) in [6, 6.07) is 17.6. The number of methoxy groups -OCH3 is 1. The van der Waals surface area contributed by atoms with Gasteiger partial charge in [-0.25, -0.2) is 18.2 Å². The molecule has 0 unspecified atom stereocenters. The van der Waals surface area contributed by atoms with Gasteiger partial charge in [0.05, 0.1) is 39.0 Å². The molecule has 0 spiro atoms. The molecule has 168 valence electrons. The number of carbonyl (C=O) groups excluding carboxylic acids is 2. The van der Waals surface area contributed by atoms with Crippen LogP contribution in [0.25, 0.3) is 10.2 Å². The minimum Gasteiger partial charge on any atom is -0.465 e. The van der Waals surface area contributed by atoms with Crippen molar-refractivity contribution in [1.29, 1.82) is 0 Å². The predicted molar refractivity (Wildman–Crippen MR) is 127 cm³/mol. The second-order valence-corrected chi connectivity index (χ2v) is 9.82. The number of anilines is 2. The van der Waals surface area contributed by atoms with Gasteiger partial charge in [0.15, 0.2) is 5.13 Å². The quantitative estimate of drug-likeness (QED) is 0.394. The number of ether oxygens (including phenoxy) is 1. The molecule has 0 fully saturated rings. The highest BCUT2D eigenvalue weighted by molar-refractivity contribution is 7.92. The van der Waals surface area contributed by atoms with Gasteiger partial charge in [-0.1, -0.05) is 41.2 Å². The van der Waals surface area contributed by atoms with Gasteiger partial charge in [0.2, 0.25) is 0 Å². The minimum atomic E-state index is -3.88. The van der Waals surface area contributed by atoms with Gasteiger partial charge in [0, 0.05) is 0 Å². The van der Waals surface area contributed by atoms with Crippen molar-refractivity contribution in [2.75, 3.05) is 17.1 Å². The van der Waals surface area contributed by atoms with Gasteiger partial charge in [-0.3, -0.25) is 14.8 Å². The molecule has 1 heterocycles. The summed E-state index contributed by atoms with van der Waals surface area (Å²) in [5.74, 6) is -0.991. The van der Waals surface area contributed by atoms with Crippen molar-refractivity contribution < 1.29 is 22.7 Å². The maximum Gasteiger partial charge on any atom is 0.337 e. The number of hydrogen-bond acceptors (Lipinski definition) is 7. The number of thiazole rings is 1. The number of rotatable bonds is 6. The van der Waals surface area contributed by atoms with E-state index < -0.39 is 21.9 Å². The van der Waals surface area contributed by atoms with Crippen LogP contribution in [-0.4, -0.2) is 32.4 Å². The molecule has 0 aliphatic rings. The van der Waals surface area contributed by atoms with E-state index in [9.17, 15) is 18.0 Å². The summed E-state index contributed by atoms with van der Waals surface area (Å²) >= 11 is 1.19. The normalized spacial score (nSPS) is 11.2. The lowest BCUT2D eigenvalue weighted by Crippen LogP contribution is -2.18. The number of para-hydroxylation sites is 1. The van der Waals surface area contributed by atoms with Gasteiger partial charge >= 0.3 is 5.97 Å². The first-order valence-electron chi connectivity index (χ1n) is 9.75. The van der Waals surface area contributed by atoms with Crippen molar-refractivity contribution in [3.63, 3.8) is 0 Å². The molecule has 0 atom stereocenters. The lowest BCUT2D eigenvalue weighted by atomic mass is 10.2. The Labute approximate surface area is 194 Å². The molecule has 0 bridgehead atoms. The lowest BCUT2D eigenvalue weighted by molar-refractivity contribution is 0.0600. The van der Waals surface area contributed by atoms with Gasteiger partial charge in [0.25, 0.3) is 15.9 Å². The fourth-order valence-corrected chi connectivity index (χ4v) is 5.06. The molecule has 0 saturated carbocycles. The third-order valence-electron chi connectivity index (χ3n) is 4.78. The van der Waals surface area contributed by atoms with Crippen LogP contribution in [0.5, 0.6) is 0 Å². The van der Waals surface area contributed by atoms with Crippen molar-refractivity contribution in [3.05, 3.63) is 83.4 Å². The number of aromatic nitrogens is 1. The molecule has 0 aliphatic heterocycles. The molecule has 8 nitrogen and oxygen atoms in total.